The first-order valence-electron chi connectivity index (χ1n) is 8.41. The van der Waals surface area contributed by atoms with Crippen LogP contribution in [0.2, 0.25) is 0 Å². The Hall–Kier alpha value is -2.59. The van der Waals surface area contributed by atoms with Crippen LogP contribution in [-0.2, 0) is 19.6 Å². The van der Waals surface area contributed by atoms with Gasteiger partial charge in [-0.05, 0) is 23.8 Å². The fourth-order valence-corrected chi connectivity index (χ4v) is 3.62. The van der Waals surface area contributed by atoms with Crippen LogP contribution in [0, 0.1) is 0 Å². The van der Waals surface area contributed by atoms with Gasteiger partial charge in [0, 0.05) is 32.3 Å². The molecular weight excluding hydrogens is 374 g/mol. The number of amides is 2. The predicted molar refractivity (Wildman–Crippen MR) is 97.6 cm³/mol. The van der Waals surface area contributed by atoms with Crippen LogP contribution in [0.1, 0.15) is 5.56 Å². The summed E-state index contributed by atoms with van der Waals surface area (Å²) in [6, 6.07) is 5.32. The van der Waals surface area contributed by atoms with Gasteiger partial charge in [-0.1, -0.05) is 6.07 Å². The molecule has 2 aliphatic rings. The van der Waals surface area contributed by atoms with Crippen LogP contribution >= 0.6 is 0 Å². The van der Waals surface area contributed by atoms with Crippen LogP contribution in [0.3, 0.4) is 0 Å². The summed E-state index contributed by atoms with van der Waals surface area (Å²) >= 11 is 0. The molecule has 1 aromatic rings. The summed E-state index contributed by atoms with van der Waals surface area (Å²) in [7, 11) is -3.24. The zero-order valence-corrected chi connectivity index (χ0v) is 15.7. The molecule has 0 aromatic heterocycles. The number of carbonyl (C=O) groups is 2. The molecule has 0 saturated carbocycles. The largest absolute Gasteiger partial charge is 0.454 e. The second-order valence-electron chi connectivity index (χ2n) is 6.21. The Labute approximate surface area is 157 Å². The van der Waals surface area contributed by atoms with E-state index in [4.69, 9.17) is 9.47 Å². The minimum Gasteiger partial charge on any atom is -0.454 e. The number of hydrogen-bond donors (Lipinski definition) is 1. The summed E-state index contributed by atoms with van der Waals surface area (Å²) in [6.07, 6.45) is 4.11. The number of piperazine rings is 1. The second kappa shape index (κ2) is 7.97. The van der Waals surface area contributed by atoms with Crippen molar-refractivity contribution in [2.75, 3.05) is 45.8 Å². The molecule has 146 valence electrons. The highest BCUT2D eigenvalue weighted by molar-refractivity contribution is 7.88. The fraction of sp³-hybridized carbons (Fsp3) is 0.412. The zero-order valence-electron chi connectivity index (χ0n) is 14.9. The van der Waals surface area contributed by atoms with Gasteiger partial charge in [0.1, 0.15) is 0 Å². The van der Waals surface area contributed by atoms with Gasteiger partial charge in [0.15, 0.2) is 11.5 Å². The molecule has 0 unspecified atom stereocenters. The molecule has 0 aliphatic carbocycles. The van der Waals surface area contributed by atoms with E-state index in [9.17, 15) is 18.0 Å². The molecule has 10 heteroatoms. The van der Waals surface area contributed by atoms with Gasteiger partial charge in [-0.3, -0.25) is 9.59 Å². The van der Waals surface area contributed by atoms with Crippen molar-refractivity contribution in [3.8, 4) is 11.5 Å². The lowest BCUT2D eigenvalue weighted by atomic mass is 10.2. The van der Waals surface area contributed by atoms with Gasteiger partial charge >= 0.3 is 0 Å². The number of nitrogens with zero attached hydrogens (tertiary/aromatic N) is 2. The highest BCUT2D eigenvalue weighted by atomic mass is 32.2. The molecule has 2 amide bonds. The summed E-state index contributed by atoms with van der Waals surface area (Å²) in [6.45, 7) is 1.21. The minimum absolute atomic E-state index is 0.136. The Morgan fingerprint density at radius 3 is 2.56 bits per heavy atom. The van der Waals surface area contributed by atoms with Crippen LogP contribution in [0.25, 0.3) is 6.08 Å². The van der Waals surface area contributed by atoms with Gasteiger partial charge in [-0.25, -0.2) is 8.42 Å². The number of ether oxygens (including phenoxy) is 2. The molecule has 1 saturated heterocycles. The van der Waals surface area contributed by atoms with Crippen molar-refractivity contribution >= 4 is 27.9 Å². The third-order valence-corrected chi connectivity index (χ3v) is 5.60. The molecule has 3 rings (SSSR count). The third kappa shape index (κ3) is 4.98. The molecule has 0 spiro atoms. The number of hydrogen-bond acceptors (Lipinski definition) is 6. The summed E-state index contributed by atoms with van der Waals surface area (Å²) in [5.74, 6) is 0.655. The lowest BCUT2D eigenvalue weighted by Crippen LogP contribution is -2.52. The van der Waals surface area contributed by atoms with Crippen molar-refractivity contribution in [1.29, 1.82) is 0 Å². The van der Waals surface area contributed by atoms with Crippen molar-refractivity contribution in [3.05, 3.63) is 29.8 Å². The normalized spacial score (nSPS) is 17.3. The topological polar surface area (TPSA) is 105 Å². The smallest absolute Gasteiger partial charge is 0.244 e. The van der Waals surface area contributed by atoms with Crippen LogP contribution < -0.4 is 14.8 Å². The van der Waals surface area contributed by atoms with E-state index >= 15 is 0 Å². The average Bonchev–Trinajstić information content (AvgIpc) is 3.11. The second-order valence-corrected chi connectivity index (χ2v) is 8.19. The lowest BCUT2D eigenvalue weighted by Gasteiger charge is -2.33. The Balaban J connectivity index is 1.44. The number of carbonyl (C=O) groups excluding carboxylic acids is 2. The van der Waals surface area contributed by atoms with Crippen molar-refractivity contribution in [2.24, 2.45) is 0 Å². The Morgan fingerprint density at radius 1 is 1.15 bits per heavy atom. The van der Waals surface area contributed by atoms with Crippen molar-refractivity contribution < 1.29 is 27.5 Å². The lowest BCUT2D eigenvalue weighted by molar-refractivity contribution is -0.133. The average molecular weight is 395 g/mol. The molecule has 1 fully saturated rings. The maximum absolute atomic E-state index is 12.1. The van der Waals surface area contributed by atoms with Crippen molar-refractivity contribution in [2.45, 2.75) is 0 Å². The van der Waals surface area contributed by atoms with E-state index < -0.39 is 15.9 Å². The SMILES string of the molecule is CS(=O)(=O)N1CCN(C(=O)CNC(=O)/C=C/c2ccc3c(c2)OCO3)CC1. The predicted octanol–water partition coefficient (Wildman–Crippen LogP) is -0.351. The maximum atomic E-state index is 12.1. The molecule has 27 heavy (non-hydrogen) atoms. The van der Waals surface area contributed by atoms with Crippen LogP contribution in [0.4, 0.5) is 0 Å². The van der Waals surface area contributed by atoms with Gasteiger partial charge in [0.25, 0.3) is 0 Å². The first-order chi connectivity index (χ1) is 12.8. The van der Waals surface area contributed by atoms with E-state index in [1.54, 1.807) is 29.2 Å². The molecule has 1 aromatic carbocycles. The molecular formula is C17H21N3O6S. The summed E-state index contributed by atoms with van der Waals surface area (Å²) in [4.78, 5) is 25.6. The molecule has 9 nitrogen and oxygen atoms in total. The number of rotatable bonds is 5. The summed E-state index contributed by atoms with van der Waals surface area (Å²) in [5, 5.41) is 2.54. The van der Waals surface area contributed by atoms with E-state index in [1.807, 2.05) is 0 Å². The maximum Gasteiger partial charge on any atom is 0.244 e. The van der Waals surface area contributed by atoms with E-state index in [1.165, 1.54) is 10.4 Å². The van der Waals surface area contributed by atoms with Gasteiger partial charge in [0.2, 0.25) is 28.6 Å². The zero-order chi connectivity index (χ0) is 19.4. The molecule has 1 N–H and O–H groups in total. The number of fused-ring (bicyclic) bond motifs is 1. The standard InChI is InChI=1S/C17H21N3O6S/c1-27(23,24)20-8-6-19(7-9-20)17(22)11-18-16(21)5-3-13-2-4-14-15(10-13)26-12-25-14/h2-5,10H,6-9,11-12H2,1H3,(H,18,21)/b5-3+. The van der Waals surface area contributed by atoms with Gasteiger partial charge in [-0.2, -0.15) is 4.31 Å². The number of nitrogens with one attached hydrogen (secondary N) is 1. The molecule has 0 atom stereocenters. The summed E-state index contributed by atoms with van der Waals surface area (Å²) < 4.78 is 34.8. The highest BCUT2D eigenvalue weighted by Crippen LogP contribution is 2.32. The van der Waals surface area contributed by atoms with E-state index in [0.29, 0.717) is 24.6 Å². The number of benzene rings is 1. The Bertz CT molecular complexity index is 859. The van der Waals surface area contributed by atoms with E-state index in [-0.39, 0.29) is 32.3 Å². The van der Waals surface area contributed by atoms with Crippen molar-refractivity contribution in [1.82, 2.24) is 14.5 Å². The van der Waals surface area contributed by atoms with Gasteiger partial charge in [0.05, 0.1) is 12.8 Å². The first kappa shape index (κ1) is 19.2. The van der Waals surface area contributed by atoms with Crippen LogP contribution in [0.5, 0.6) is 11.5 Å². The molecule has 0 bridgehead atoms. The highest BCUT2D eigenvalue weighted by Gasteiger charge is 2.25. The summed E-state index contributed by atoms with van der Waals surface area (Å²) in [5.41, 5.74) is 0.776. The first-order valence-corrected chi connectivity index (χ1v) is 10.3. The number of sulfonamides is 1. The van der Waals surface area contributed by atoms with Gasteiger partial charge in [-0.15, -0.1) is 0 Å². The van der Waals surface area contributed by atoms with Crippen LogP contribution in [0.15, 0.2) is 24.3 Å². The Morgan fingerprint density at radius 2 is 1.85 bits per heavy atom. The quantitative estimate of drug-likeness (QED) is 0.683. The van der Waals surface area contributed by atoms with Crippen molar-refractivity contribution in [3.63, 3.8) is 0 Å². The molecule has 2 heterocycles. The third-order valence-electron chi connectivity index (χ3n) is 4.30. The van der Waals surface area contributed by atoms with Crippen LogP contribution in [-0.4, -0.2) is 75.2 Å². The Kier molecular flexibility index (Phi) is 5.66. The fourth-order valence-electron chi connectivity index (χ4n) is 2.79. The monoisotopic (exact) mass is 395 g/mol. The molecule has 0 radical (unpaired) electrons. The van der Waals surface area contributed by atoms with E-state index in [2.05, 4.69) is 5.32 Å². The minimum atomic E-state index is -3.24. The molecule has 2 aliphatic heterocycles. The van der Waals surface area contributed by atoms with Gasteiger partial charge < -0.3 is 19.7 Å². The van der Waals surface area contributed by atoms with E-state index in [0.717, 1.165) is 11.8 Å².